The molecule has 0 fully saturated rings. The minimum Gasteiger partial charge on any atom is -0.481 e. The van der Waals surface area contributed by atoms with Crippen molar-refractivity contribution in [3.8, 4) is 0 Å². The Morgan fingerprint density at radius 2 is 2.13 bits per heavy atom. The molecule has 118 valence electrons. The lowest BCUT2D eigenvalue weighted by atomic mass is 10.0. The third-order valence-corrected chi connectivity index (χ3v) is 3.97. The number of aromatic nitrogens is 1. The number of carbonyl (C=O) groups excluding carboxylic acids is 1. The van der Waals surface area contributed by atoms with Crippen LogP contribution in [0.2, 0.25) is 5.02 Å². The monoisotopic (exact) mass is 330 g/mol. The van der Waals surface area contributed by atoms with Crippen LogP contribution in [0.25, 0.3) is 11.6 Å². The summed E-state index contributed by atoms with van der Waals surface area (Å²) in [5, 5.41) is 12.2. The largest absolute Gasteiger partial charge is 0.481 e. The Bertz CT molecular complexity index is 836. The molecule has 0 atom stereocenters. The summed E-state index contributed by atoms with van der Waals surface area (Å²) in [6.45, 7) is 1.89. The first-order chi connectivity index (χ1) is 10.9. The summed E-state index contributed by atoms with van der Waals surface area (Å²) < 4.78 is 0. The Morgan fingerprint density at radius 3 is 2.87 bits per heavy atom. The highest BCUT2D eigenvalue weighted by molar-refractivity contribution is 6.36. The third kappa shape index (κ3) is 3.14. The van der Waals surface area contributed by atoms with E-state index in [1.165, 1.54) is 0 Å². The van der Waals surface area contributed by atoms with Gasteiger partial charge < -0.3 is 15.4 Å². The topological polar surface area (TPSA) is 82.2 Å². The number of H-pyrrole nitrogens is 1. The summed E-state index contributed by atoms with van der Waals surface area (Å²) in [7, 11) is 0. The number of halogens is 1. The number of aryl methyl sites for hydroxylation is 2. The van der Waals surface area contributed by atoms with Crippen LogP contribution in [0.5, 0.6) is 0 Å². The van der Waals surface area contributed by atoms with Gasteiger partial charge in [-0.15, -0.1) is 0 Å². The summed E-state index contributed by atoms with van der Waals surface area (Å²) in [6.07, 6.45) is 2.20. The van der Waals surface area contributed by atoms with Crippen LogP contribution in [-0.4, -0.2) is 22.0 Å². The van der Waals surface area contributed by atoms with E-state index in [2.05, 4.69) is 10.3 Å². The van der Waals surface area contributed by atoms with Gasteiger partial charge in [-0.2, -0.15) is 0 Å². The van der Waals surface area contributed by atoms with Crippen LogP contribution in [-0.2, 0) is 16.0 Å². The zero-order chi connectivity index (χ0) is 16.6. The summed E-state index contributed by atoms with van der Waals surface area (Å²) in [5.74, 6) is -1.04. The number of carbonyl (C=O) groups is 2. The van der Waals surface area contributed by atoms with Crippen LogP contribution in [0.4, 0.5) is 5.69 Å². The molecule has 0 aliphatic carbocycles. The molecule has 6 heteroatoms. The Kier molecular flexibility index (Phi) is 3.96. The maximum Gasteiger partial charge on any atom is 0.303 e. The van der Waals surface area contributed by atoms with Crippen molar-refractivity contribution in [2.75, 3.05) is 5.32 Å². The highest BCUT2D eigenvalue weighted by Crippen LogP contribution is 2.35. The van der Waals surface area contributed by atoms with Crippen molar-refractivity contribution in [2.45, 2.75) is 19.8 Å². The number of rotatable bonds is 4. The highest BCUT2D eigenvalue weighted by atomic mass is 35.5. The molecule has 5 nitrogen and oxygen atoms in total. The number of hydrogen-bond acceptors (Lipinski definition) is 2. The standard InChI is InChI=1S/C17H15ClN2O3/c1-9-6-10(2-5-16(21)22)15(19-9)8-13-12-7-11(18)3-4-14(12)20-17(13)23/h3-4,6-8,19H,2,5H2,1H3,(H,20,23)(H,21,22). The van der Waals surface area contributed by atoms with Crippen LogP contribution >= 0.6 is 11.6 Å². The Balaban J connectivity index is 2.01. The number of amides is 1. The summed E-state index contributed by atoms with van der Waals surface area (Å²) in [4.78, 5) is 26.2. The molecule has 1 amide bonds. The van der Waals surface area contributed by atoms with E-state index in [0.29, 0.717) is 17.0 Å². The molecular formula is C17H15ClN2O3. The second-order valence-electron chi connectivity index (χ2n) is 5.49. The van der Waals surface area contributed by atoms with Crippen LogP contribution < -0.4 is 5.32 Å². The van der Waals surface area contributed by atoms with Gasteiger partial charge in [0.1, 0.15) is 0 Å². The Hall–Kier alpha value is -2.53. The number of carboxylic acid groups (broad SMARTS) is 1. The zero-order valence-corrected chi connectivity index (χ0v) is 13.2. The van der Waals surface area contributed by atoms with Gasteiger partial charge in [0.25, 0.3) is 5.91 Å². The summed E-state index contributed by atoms with van der Waals surface area (Å²) in [5.41, 5.74) is 4.53. The van der Waals surface area contributed by atoms with Crippen molar-refractivity contribution in [3.63, 3.8) is 0 Å². The van der Waals surface area contributed by atoms with E-state index in [1.807, 2.05) is 13.0 Å². The van der Waals surface area contributed by atoms with E-state index in [1.54, 1.807) is 24.3 Å². The molecule has 0 saturated heterocycles. The van der Waals surface area contributed by atoms with Gasteiger partial charge in [-0.25, -0.2) is 0 Å². The lowest BCUT2D eigenvalue weighted by Crippen LogP contribution is -2.04. The second-order valence-corrected chi connectivity index (χ2v) is 5.92. The first-order valence-electron chi connectivity index (χ1n) is 7.17. The minimum atomic E-state index is -0.849. The molecular weight excluding hydrogens is 316 g/mol. The van der Waals surface area contributed by atoms with Crippen LogP contribution in [0, 0.1) is 6.92 Å². The summed E-state index contributed by atoms with van der Waals surface area (Å²) in [6, 6.07) is 7.14. The molecule has 1 aliphatic heterocycles. The molecule has 3 N–H and O–H groups in total. The Labute approximate surface area is 138 Å². The minimum absolute atomic E-state index is 0.0437. The van der Waals surface area contributed by atoms with Crippen LogP contribution in [0.1, 0.15) is 28.9 Å². The van der Waals surface area contributed by atoms with E-state index in [4.69, 9.17) is 16.7 Å². The number of anilines is 1. The predicted octanol–water partition coefficient (Wildman–Crippen LogP) is 3.49. The number of aliphatic carboxylic acids is 1. The lowest BCUT2D eigenvalue weighted by molar-refractivity contribution is -0.137. The van der Waals surface area contributed by atoms with Crippen molar-refractivity contribution in [2.24, 2.45) is 0 Å². The van der Waals surface area contributed by atoms with Crippen LogP contribution in [0.3, 0.4) is 0 Å². The average Bonchev–Trinajstić information content (AvgIpc) is 2.98. The molecule has 0 bridgehead atoms. The molecule has 1 aliphatic rings. The first kappa shape index (κ1) is 15.4. The van der Waals surface area contributed by atoms with Gasteiger partial charge in [-0.1, -0.05) is 11.6 Å². The fourth-order valence-electron chi connectivity index (χ4n) is 2.69. The normalized spacial score (nSPS) is 14.9. The van der Waals surface area contributed by atoms with Crippen molar-refractivity contribution >= 4 is 40.8 Å². The maximum absolute atomic E-state index is 12.2. The van der Waals surface area contributed by atoms with Crippen LogP contribution in [0.15, 0.2) is 24.3 Å². The first-order valence-corrected chi connectivity index (χ1v) is 7.55. The number of fused-ring (bicyclic) bond motifs is 1. The second kappa shape index (κ2) is 5.93. The number of nitrogens with one attached hydrogen (secondary N) is 2. The van der Waals surface area contributed by atoms with E-state index in [0.717, 1.165) is 28.2 Å². The molecule has 0 radical (unpaired) electrons. The van der Waals surface area contributed by atoms with Crippen molar-refractivity contribution < 1.29 is 14.7 Å². The molecule has 2 heterocycles. The fourth-order valence-corrected chi connectivity index (χ4v) is 2.87. The van der Waals surface area contributed by atoms with Gasteiger partial charge >= 0.3 is 5.97 Å². The molecule has 1 aromatic heterocycles. The quantitative estimate of drug-likeness (QED) is 0.750. The summed E-state index contributed by atoms with van der Waals surface area (Å²) >= 11 is 6.02. The average molecular weight is 331 g/mol. The van der Waals surface area contributed by atoms with Gasteiger partial charge in [0, 0.05) is 34.1 Å². The van der Waals surface area contributed by atoms with E-state index >= 15 is 0 Å². The maximum atomic E-state index is 12.2. The van der Waals surface area contributed by atoms with Crippen molar-refractivity contribution in [1.29, 1.82) is 0 Å². The van der Waals surface area contributed by atoms with E-state index < -0.39 is 5.97 Å². The number of benzene rings is 1. The molecule has 23 heavy (non-hydrogen) atoms. The van der Waals surface area contributed by atoms with Gasteiger partial charge in [0.05, 0.1) is 5.57 Å². The third-order valence-electron chi connectivity index (χ3n) is 3.73. The predicted molar refractivity (Wildman–Crippen MR) is 89.4 cm³/mol. The molecule has 0 saturated carbocycles. The fraction of sp³-hybridized carbons (Fsp3) is 0.176. The van der Waals surface area contributed by atoms with Crippen molar-refractivity contribution in [3.05, 3.63) is 51.8 Å². The molecule has 0 unspecified atom stereocenters. The molecule has 2 aromatic rings. The number of carboxylic acids is 1. The van der Waals surface area contributed by atoms with Gasteiger partial charge in [0.15, 0.2) is 0 Å². The van der Waals surface area contributed by atoms with E-state index in [-0.39, 0.29) is 12.3 Å². The highest BCUT2D eigenvalue weighted by Gasteiger charge is 2.24. The smallest absolute Gasteiger partial charge is 0.303 e. The molecule has 1 aromatic carbocycles. The zero-order valence-electron chi connectivity index (χ0n) is 12.4. The lowest BCUT2D eigenvalue weighted by Gasteiger charge is -2.01. The molecule has 0 spiro atoms. The molecule has 3 rings (SSSR count). The number of hydrogen-bond donors (Lipinski definition) is 3. The number of aromatic amines is 1. The van der Waals surface area contributed by atoms with Gasteiger partial charge in [-0.3, -0.25) is 9.59 Å². The van der Waals surface area contributed by atoms with Crippen molar-refractivity contribution in [1.82, 2.24) is 4.98 Å². The SMILES string of the molecule is Cc1cc(CCC(=O)O)c(C=C2C(=O)Nc3ccc(Cl)cc32)[nH]1. The van der Waals surface area contributed by atoms with E-state index in [9.17, 15) is 9.59 Å². The Morgan fingerprint density at radius 1 is 1.35 bits per heavy atom. The van der Waals surface area contributed by atoms with Gasteiger partial charge in [0.2, 0.25) is 0 Å². The van der Waals surface area contributed by atoms with Gasteiger partial charge in [-0.05, 0) is 49.2 Å².